The molecule has 2 N–H and O–H groups in total. The number of aliphatic carboxylic acids is 1. The van der Waals surface area contributed by atoms with E-state index < -0.39 is 23.1 Å². The highest BCUT2D eigenvalue weighted by Crippen LogP contribution is 2.44. The van der Waals surface area contributed by atoms with Gasteiger partial charge in [0.25, 0.3) is 0 Å². The largest absolute Gasteiger partial charge is 0.491 e. The zero-order chi connectivity index (χ0) is 15.5. The standard InChI is InChI=1S/C15H18FNO4/c1-2-21-12-5-4-10(8-11(12)16)17-13(18)9-15(14(19)20)6-3-7-15/h4-5,8H,2-3,6-7,9H2,1H3,(H,17,18)(H,19,20). The van der Waals surface area contributed by atoms with E-state index in [0.29, 0.717) is 25.1 Å². The van der Waals surface area contributed by atoms with E-state index in [9.17, 15) is 19.1 Å². The molecule has 0 unspecified atom stereocenters. The van der Waals surface area contributed by atoms with Gasteiger partial charge in [-0.25, -0.2) is 4.39 Å². The van der Waals surface area contributed by atoms with E-state index in [1.54, 1.807) is 6.92 Å². The topological polar surface area (TPSA) is 75.6 Å². The first-order valence-electron chi connectivity index (χ1n) is 6.92. The van der Waals surface area contributed by atoms with Crippen LogP contribution in [0.4, 0.5) is 10.1 Å². The van der Waals surface area contributed by atoms with Gasteiger partial charge in [-0.15, -0.1) is 0 Å². The van der Waals surface area contributed by atoms with Crippen LogP contribution in [0.2, 0.25) is 0 Å². The molecular weight excluding hydrogens is 277 g/mol. The lowest BCUT2D eigenvalue weighted by atomic mass is 9.66. The monoisotopic (exact) mass is 295 g/mol. The second-order valence-electron chi connectivity index (χ2n) is 5.24. The first-order chi connectivity index (χ1) is 9.97. The van der Waals surface area contributed by atoms with Crippen LogP contribution in [-0.4, -0.2) is 23.6 Å². The third-order valence-corrected chi connectivity index (χ3v) is 3.78. The number of carbonyl (C=O) groups is 2. The van der Waals surface area contributed by atoms with Gasteiger partial charge in [0.1, 0.15) is 0 Å². The molecule has 6 heteroatoms. The van der Waals surface area contributed by atoms with Crippen molar-refractivity contribution in [3.63, 3.8) is 0 Å². The van der Waals surface area contributed by atoms with Gasteiger partial charge in [-0.2, -0.15) is 0 Å². The Labute approximate surface area is 122 Å². The van der Waals surface area contributed by atoms with E-state index in [4.69, 9.17) is 4.74 Å². The molecule has 5 nitrogen and oxygen atoms in total. The van der Waals surface area contributed by atoms with Gasteiger partial charge in [0, 0.05) is 18.2 Å². The number of nitrogens with one attached hydrogen (secondary N) is 1. The second-order valence-corrected chi connectivity index (χ2v) is 5.24. The molecule has 0 heterocycles. The summed E-state index contributed by atoms with van der Waals surface area (Å²) in [7, 11) is 0. The van der Waals surface area contributed by atoms with Crippen molar-refractivity contribution in [3.05, 3.63) is 24.0 Å². The lowest BCUT2D eigenvalue weighted by molar-refractivity contribution is -0.157. The summed E-state index contributed by atoms with van der Waals surface area (Å²) in [5, 5.41) is 11.7. The predicted octanol–water partition coefficient (Wildman–Crippen LogP) is 2.81. The van der Waals surface area contributed by atoms with Gasteiger partial charge >= 0.3 is 5.97 Å². The molecule has 0 aliphatic heterocycles. The Morgan fingerprint density at radius 2 is 2.14 bits per heavy atom. The quantitative estimate of drug-likeness (QED) is 0.846. The van der Waals surface area contributed by atoms with E-state index in [1.165, 1.54) is 12.1 Å². The molecule has 1 saturated carbocycles. The average Bonchev–Trinajstić information content (AvgIpc) is 2.37. The predicted molar refractivity (Wildman–Crippen MR) is 74.7 cm³/mol. The van der Waals surface area contributed by atoms with E-state index in [1.807, 2.05) is 0 Å². The highest BCUT2D eigenvalue weighted by molar-refractivity contribution is 5.94. The van der Waals surface area contributed by atoms with Gasteiger partial charge < -0.3 is 15.2 Å². The summed E-state index contributed by atoms with van der Waals surface area (Å²) in [5.41, 5.74) is -0.658. The maximum absolute atomic E-state index is 13.7. The van der Waals surface area contributed by atoms with Crippen molar-refractivity contribution in [3.8, 4) is 5.75 Å². The highest BCUT2D eigenvalue weighted by Gasteiger charge is 2.45. The normalized spacial score (nSPS) is 15.9. The third-order valence-electron chi connectivity index (χ3n) is 3.78. The Morgan fingerprint density at radius 1 is 1.43 bits per heavy atom. The summed E-state index contributed by atoms with van der Waals surface area (Å²) >= 11 is 0. The lowest BCUT2D eigenvalue weighted by Crippen LogP contribution is -2.41. The van der Waals surface area contributed by atoms with Gasteiger partial charge in [0.2, 0.25) is 5.91 Å². The second kappa shape index (κ2) is 6.11. The number of anilines is 1. The zero-order valence-corrected chi connectivity index (χ0v) is 11.8. The highest BCUT2D eigenvalue weighted by atomic mass is 19.1. The molecule has 0 saturated heterocycles. The minimum atomic E-state index is -0.951. The van der Waals surface area contributed by atoms with Crippen LogP contribution in [0.25, 0.3) is 0 Å². The van der Waals surface area contributed by atoms with Crippen molar-refractivity contribution in [2.24, 2.45) is 5.41 Å². The summed E-state index contributed by atoms with van der Waals surface area (Å²) in [4.78, 5) is 23.1. The number of amides is 1. The van der Waals surface area contributed by atoms with Gasteiger partial charge in [-0.05, 0) is 31.9 Å². The molecule has 0 bridgehead atoms. The molecule has 1 amide bonds. The van der Waals surface area contributed by atoms with Crippen molar-refractivity contribution in [1.29, 1.82) is 0 Å². The zero-order valence-electron chi connectivity index (χ0n) is 11.8. The van der Waals surface area contributed by atoms with E-state index in [-0.39, 0.29) is 12.2 Å². The maximum atomic E-state index is 13.7. The van der Waals surface area contributed by atoms with Crippen LogP contribution in [0.3, 0.4) is 0 Å². The van der Waals surface area contributed by atoms with Crippen LogP contribution in [-0.2, 0) is 9.59 Å². The molecule has 1 aromatic carbocycles. The Balaban J connectivity index is 2.00. The minimum Gasteiger partial charge on any atom is -0.491 e. The summed E-state index contributed by atoms with van der Waals surface area (Å²) < 4.78 is 18.7. The SMILES string of the molecule is CCOc1ccc(NC(=O)CC2(C(=O)O)CCC2)cc1F. The van der Waals surface area contributed by atoms with Gasteiger partial charge in [0.15, 0.2) is 11.6 Å². The van der Waals surface area contributed by atoms with Crippen molar-refractivity contribution < 1.29 is 23.8 Å². The van der Waals surface area contributed by atoms with Crippen molar-refractivity contribution in [1.82, 2.24) is 0 Å². The van der Waals surface area contributed by atoms with Gasteiger partial charge in [-0.1, -0.05) is 6.42 Å². The number of carboxylic acid groups (broad SMARTS) is 1. The molecule has 1 fully saturated rings. The molecule has 1 aromatic rings. The number of hydrogen-bond acceptors (Lipinski definition) is 3. The van der Waals surface area contributed by atoms with E-state index in [0.717, 1.165) is 12.5 Å². The molecule has 0 spiro atoms. The first kappa shape index (κ1) is 15.3. The number of benzene rings is 1. The van der Waals surface area contributed by atoms with Crippen molar-refractivity contribution >= 4 is 17.6 Å². The smallest absolute Gasteiger partial charge is 0.310 e. The molecule has 1 aliphatic carbocycles. The van der Waals surface area contributed by atoms with Crippen molar-refractivity contribution in [2.45, 2.75) is 32.6 Å². The van der Waals surface area contributed by atoms with Crippen LogP contribution in [0.1, 0.15) is 32.6 Å². The van der Waals surface area contributed by atoms with Crippen LogP contribution in [0.15, 0.2) is 18.2 Å². The summed E-state index contributed by atoms with van der Waals surface area (Å²) in [6.45, 7) is 2.10. The molecule has 21 heavy (non-hydrogen) atoms. The molecule has 0 aromatic heterocycles. The first-order valence-corrected chi connectivity index (χ1v) is 6.92. The number of hydrogen-bond donors (Lipinski definition) is 2. The van der Waals surface area contributed by atoms with Crippen molar-refractivity contribution in [2.75, 3.05) is 11.9 Å². The summed E-state index contributed by atoms with van der Waals surface area (Å²) in [6, 6.07) is 4.13. The number of carboxylic acids is 1. The third kappa shape index (κ3) is 3.32. The maximum Gasteiger partial charge on any atom is 0.310 e. The van der Waals surface area contributed by atoms with Gasteiger partial charge in [0.05, 0.1) is 12.0 Å². The fraction of sp³-hybridized carbons (Fsp3) is 0.467. The number of carbonyl (C=O) groups excluding carboxylic acids is 1. The number of rotatable bonds is 6. The van der Waals surface area contributed by atoms with Gasteiger partial charge in [-0.3, -0.25) is 9.59 Å². The van der Waals surface area contributed by atoms with Crippen LogP contribution in [0.5, 0.6) is 5.75 Å². The molecule has 0 atom stereocenters. The lowest BCUT2D eigenvalue weighted by Gasteiger charge is -2.36. The number of halogens is 1. The van der Waals surface area contributed by atoms with E-state index in [2.05, 4.69) is 5.32 Å². The minimum absolute atomic E-state index is 0.0861. The average molecular weight is 295 g/mol. The Morgan fingerprint density at radius 3 is 2.62 bits per heavy atom. The van der Waals surface area contributed by atoms with Crippen LogP contribution >= 0.6 is 0 Å². The Hall–Kier alpha value is -2.11. The Kier molecular flexibility index (Phi) is 4.45. The fourth-order valence-electron chi connectivity index (χ4n) is 2.43. The Bertz CT molecular complexity index is 555. The van der Waals surface area contributed by atoms with Crippen LogP contribution in [0, 0.1) is 11.2 Å². The summed E-state index contributed by atoms with van der Waals surface area (Å²) in [5.74, 6) is -1.80. The molecule has 1 aliphatic rings. The molecule has 114 valence electrons. The molecule has 0 radical (unpaired) electrons. The summed E-state index contributed by atoms with van der Waals surface area (Å²) in [6.07, 6.45) is 1.75. The number of ether oxygens (including phenoxy) is 1. The fourth-order valence-corrected chi connectivity index (χ4v) is 2.43. The molecular formula is C15H18FNO4. The van der Waals surface area contributed by atoms with E-state index >= 15 is 0 Å². The van der Waals surface area contributed by atoms with Crippen LogP contribution < -0.4 is 10.1 Å². The molecule has 2 rings (SSSR count).